The Morgan fingerprint density at radius 3 is 1.75 bits per heavy atom. The minimum absolute atomic E-state index is 0. The van der Waals surface area contributed by atoms with E-state index in [1.54, 1.807) is 0 Å². The molecule has 1 radical (unpaired) electrons. The quantitative estimate of drug-likeness (QED) is 0.162. The van der Waals surface area contributed by atoms with Gasteiger partial charge in [0.2, 0.25) is 0 Å². The van der Waals surface area contributed by atoms with Gasteiger partial charge in [0, 0.05) is 76.4 Å². The third-order valence-corrected chi connectivity index (χ3v) is 11.5. The average Bonchev–Trinajstić information content (AvgIpc) is 4.03. The van der Waals surface area contributed by atoms with Gasteiger partial charge in [0.25, 0.3) is 0 Å². The molecule has 0 saturated heterocycles. The summed E-state index contributed by atoms with van der Waals surface area (Å²) in [6, 6.07) is 58.1. The fraction of sp³-hybridized carbons (Fsp3) is 0.0400. The predicted molar refractivity (Wildman–Crippen MR) is 228 cm³/mol. The Bertz CT molecular complexity index is 3600. The predicted octanol–water partition coefficient (Wildman–Crippen LogP) is 12.2. The smallest absolute Gasteiger partial charge is 0.0839 e. The molecule has 0 atom stereocenters. The molecule has 0 saturated carbocycles. The van der Waals surface area contributed by atoms with E-state index in [9.17, 15) is 0 Å². The zero-order chi connectivity index (χ0) is 36.4. The summed E-state index contributed by atoms with van der Waals surface area (Å²) < 4.78 is 7.23. The van der Waals surface area contributed by atoms with Crippen LogP contribution < -0.4 is 0 Å². The molecule has 0 spiro atoms. The van der Waals surface area contributed by atoms with E-state index in [2.05, 4.69) is 141 Å². The van der Waals surface area contributed by atoms with Crippen molar-refractivity contribution >= 4 is 87.2 Å². The van der Waals surface area contributed by atoms with Gasteiger partial charge in [-0.1, -0.05) is 66.7 Å². The number of para-hydroxylation sites is 3. The van der Waals surface area contributed by atoms with Gasteiger partial charge in [-0.05, 0) is 48.5 Å². The van der Waals surface area contributed by atoms with Crippen LogP contribution in [-0.4, -0.2) is 23.3 Å². The number of fused-ring (bicyclic) bond motifs is 14. The van der Waals surface area contributed by atoms with Crippen LogP contribution in [0.25, 0.3) is 110 Å². The molecule has 0 aliphatic heterocycles. The summed E-state index contributed by atoms with van der Waals surface area (Å²) in [4.78, 5) is 9.42. The Hall–Kier alpha value is -6.59. The van der Waals surface area contributed by atoms with Gasteiger partial charge < -0.3 is 18.4 Å². The maximum Gasteiger partial charge on any atom is 0.0839 e. The number of benzene rings is 7. The summed E-state index contributed by atoms with van der Waals surface area (Å²) in [5.74, 6) is 0.932. The molecule has 0 fully saturated rings. The number of aryl methyl sites for hydroxylation is 2. The van der Waals surface area contributed by atoms with Crippen LogP contribution in [0.1, 0.15) is 5.56 Å². The summed E-state index contributed by atoms with van der Waals surface area (Å²) in [6.45, 7) is 2.03. The third-order valence-electron chi connectivity index (χ3n) is 11.5. The first-order valence-electron chi connectivity index (χ1n) is 18.6. The Balaban J connectivity index is 0.000000222. The van der Waals surface area contributed by atoms with E-state index in [1.165, 1.54) is 81.8 Å². The Labute approximate surface area is 335 Å². The van der Waals surface area contributed by atoms with Crippen molar-refractivity contribution in [1.29, 1.82) is 0 Å². The summed E-state index contributed by atoms with van der Waals surface area (Å²) in [7, 11) is 2.13. The Morgan fingerprint density at radius 2 is 1.07 bits per heavy atom. The van der Waals surface area contributed by atoms with Crippen LogP contribution in [0.4, 0.5) is 0 Å². The van der Waals surface area contributed by atoms with Gasteiger partial charge >= 0.3 is 0 Å². The molecule has 0 unspecified atom stereocenters. The first-order chi connectivity index (χ1) is 27.1. The SMILES string of the molecule is Cc1ccc(-c2[c-]cccc2)nc1.Cn1c(-c2[c-]cccc2)nc2ccc3c4cccc5c6cc7c(cc6n(c54)c3c21)c1cccc2c3ccccc3n7c21.[Ir]. The third kappa shape index (κ3) is 4.45. The maximum absolute atomic E-state index is 5.10. The average molecular weight is 894 g/mol. The molecule has 7 aromatic carbocycles. The second-order valence-electron chi connectivity index (χ2n) is 14.6. The standard InChI is InChI=1S/C38H21N4.C12H10N.Ir/c1-40-37-30(39-38(40)21-9-3-2-4-10-21)18-17-27-24-13-8-15-26-29-19-32-28(20-33(29)42(35(24)26)36(27)37)25-14-7-12-23-22-11-5-6-16-31(22)41(32)34(23)25;1-10-7-8-12(13-9-10)11-5-3-2-4-6-11;/h2-9,11-20H,1H3;2-5,7-9H,1H3;/q2*-1;. The first kappa shape index (κ1) is 32.8. The molecular formula is C50H31IrN5-2. The van der Waals surface area contributed by atoms with Gasteiger partial charge in [0.05, 0.1) is 50.0 Å². The summed E-state index contributed by atoms with van der Waals surface area (Å²) in [5, 5.41) is 10.3. The number of hydrogen-bond acceptors (Lipinski definition) is 2. The molecule has 6 heteroatoms. The number of rotatable bonds is 2. The number of pyridine rings is 1. The molecule has 6 aromatic heterocycles. The van der Waals surface area contributed by atoms with Gasteiger partial charge in [-0.2, -0.15) is 0 Å². The number of hydrogen-bond donors (Lipinski definition) is 0. The van der Waals surface area contributed by atoms with Gasteiger partial charge in [-0.15, -0.1) is 71.8 Å². The second-order valence-corrected chi connectivity index (χ2v) is 14.6. The van der Waals surface area contributed by atoms with Crippen molar-refractivity contribution in [2.24, 2.45) is 7.05 Å². The van der Waals surface area contributed by atoms with E-state index in [4.69, 9.17) is 4.98 Å². The number of aromatic nitrogens is 5. The second kappa shape index (κ2) is 12.2. The number of nitrogens with zero attached hydrogens (tertiary/aromatic N) is 5. The van der Waals surface area contributed by atoms with Gasteiger partial charge in [0.15, 0.2) is 0 Å². The number of imidazole rings is 1. The molecule has 5 nitrogen and oxygen atoms in total. The van der Waals surface area contributed by atoms with Crippen molar-refractivity contribution in [3.05, 3.63) is 169 Å². The maximum atomic E-state index is 5.10. The van der Waals surface area contributed by atoms with E-state index in [-0.39, 0.29) is 20.1 Å². The van der Waals surface area contributed by atoms with Crippen molar-refractivity contribution in [2.75, 3.05) is 0 Å². The van der Waals surface area contributed by atoms with Crippen molar-refractivity contribution in [2.45, 2.75) is 6.92 Å². The Kier molecular flexibility index (Phi) is 7.15. The van der Waals surface area contributed by atoms with E-state index in [1.807, 2.05) is 55.6 Å². The molecule has 13 aromatic rings. The summed E-state index contributed by atoms with van der Waals surface area (Å²) >= 11 is 0. The van der Waals surface area contributed by atoms with Crippen molar-refractivity contribution in [3.63, 3.8) is 0 Å². The van der Waals surface area contributed by atoms with Crippen molar-refractivity contribution in [1.82, 2.24) is 23.3 Å². The van der Waals surface area contributed by atoms with Crippen LogP contribution in [0.2, 0.25) is 0 Å². The van der Waals surface area contributed by atoms with Gasteiger partial charge in [-0.3, -0.25) is 4.98 Å². The minimum atomic E-state index is 0. The summed E-state index contributed by atoms with van der Waals surface area (Å²) in [5.41, 5.74) is 13.9. The van der Waals surface area contributed by atoms with Gasteiger partial charge in [0.1, 0.15) is 0 Å². The molecular weight excluding hydrogens is 863 g/mol. The Morgan fingerprint density at radius 1 is 0.482 bits per heavy atom. The fourth-order valence-corrected chi connectivity index (χ4v) is 9.12. The molecule has 0 N–H and O–H groups in total. The normalized spacial score (nSPS) is 12.0. The van der Waals surface area contributed by atoms with E-state index >= 15 is 0 Å². The van der Waals surface area contributed by atoms with E-state index < -0.39 is 0 Å². The molecule has 56 heavy (non-hydrogen) atoms. The molecule has 13 rings (SSSR count). The van der Waals surface area contributed by atoms with Crippen LogP contribution >= 0.6 is 0 Å². The van der Waals surface area contributed by atoms with Crippen LogP contribution in [0.3, 0.4) is 0 Å². The van der Waals surface area contributed by atoms with Crippen molar-refractivity contribution < 1.29 is 20.1 Å². The molecule has 6 heterocycles. The largest absolute Gasteiger partial charge is 0.365 e. The van der Waals surface area contributed by atoms with Crippen molar-refractivity contribution in [3.8, 4) is 22.6 Å². The van der Waals surface area contributed by atoms with Crippen LogP contribution in [0, 0.1) is 19.1 Å². The molecule has 0 aliphatic carbocycles. The fourth-order valence-electron chi connectivity index (χ4n) is 9.12. The molecule has 0 aliphatic rings. The van der Waals surface area contributed by atoms with Crippen LogP contribution in [0.15, 0.2) is 152 Å². The zero-order valence-corrected chi connectivity index (χ0v) is 32.9. The summed E-state index contributed by atoms with van der Waals surface area (Å²) in [6.07, 6.45) is 1.87. The van der Waals surface area contributed by atoms with E-state index in [0.29, 0.717) is 0 Å². The van der Waals surface area contributed by atoms with Crippen LogP contribution in [0.5, 0.6) is 0 Å². The zero-order valence-electron chi connectivity index (χ0n) is 30.5. The minimum Gasteiger partial charge on any atom is -0.365 e. The van der Waals surface area contributed by atoms with Crippen LogP contribution in [-0.2, 0) is 27.2 Å². The topological polar surface area (TPSA) is 39.5 Å². The first-order valence-corrected chi connectivity index (χ1v) is 18.6. The molecule has 0 bridgehead atoms. The molecule has 267 valence electrons. The molecule has 0 amide bonds. The van der Waals surface area contributed by atoms with E-state index in [0.717, 1.165) is 33.7 Å². The monoisotopic (exact) mass is 894 g/mol. The van der Waals surface area contributed by atoms with Gasteiger partial charge in [-0.25, -0.2) is 0 Å².